The van der Waals surface area contributed by atoms with Crippen molar-refractivity contribution in [1.29, 1.82) is 0 Å². The number of anilines is 3. The van der Waals surface area contributed by atoms with Gasteiger partial charge in [-0.15, -0.1) is 0 Å². The Morgan fingerprint density at radius 3 is 2.40 bits per heavy atom. The Bertz CT molecular complexity index is 692. The third kappa shape index (κ3) is 2.35. The fourth-order valence-electron chi connectivity index (χ4n) is 1.63. The highest BCUT2D eigenvalue weighted by molar-refractivity contribution is 5.78. The Morgan fingerprint density at radius 1 is 1.05 bits per heavy atom. The van der Waals surface area contributed by atoms with Crippen LogP contribution in [0, 0.1) is 27.6 Å². The molecule has 0 unspecified atom stereocenters. The van der Waals surface area contributed by atoms with Crippen molar-refractivity contribution >= 4 is 22.7 Å². The summed E-state index contributed by atoms with van der Waals surface area (Å²) in [4.78, 5) is 10.1. The lowest BCUT2D eigenvalue weighted by Gasteiger charge is -2.09. The van der Waals surface area contributed by atoms with Crippen LogP contribution in [0.3, 0.4) is 0 Å². The number of nitrogens with zero attached hydrogens (tertiary/aromatic N) is 1. The number of nitrogens with one attached hydrogen (secondary N) is 1. The van der Waals surface area contributed by atoms with Crippen LogP contribution in [-0.4, -0.2) is 4.92 Å². The molecule has 0 aromatic heterocycles. The molecule has 8 heteroatoms. The molecule has 0 heterocycles. The van der Waals surface area contributed by atoms with E-state index < -0.39 is 33.7 Å². The molecule has 0 spiro atoms. The van der Waals surface area contributed by atoms with Gasteiger partial charge < -0.3 is 11.1 Å². The molecule has 0 bridgehead atoms. The number of rotatable bonds is 3. The lowest BCUT2D eigenvalue weighted by molar-refractivity contribution is -0.383. The topological polar surface area (TPSA) is 81.2 Å². The number of nitro benzene ring substituents is 1. The van der Waals surface area contributed by atoms with E-state index in [1.54, 1.807) is 0 Å². The molecule has 2 aromatic rings. The summed E-state index contributed by atoms with van der Waals surface area (Å²) in [5.41, 5.74) is 4.29. The van der Waals surface area contributed by atoms with Crippen LogP contribution in [0.25, 0.3) is 0 Å². The fourth-order valence-corrected chi connectivity index (χ4v) is 1.63. The van der Waals surface area contributed by atoms with Crippen LogP contribution in [0.5, 0.6) is 0 Å². The third-order valence-corrected chi connectivity index (χ3v) is 2.55. The Labute approximate surface area is 111 Å². The molecule has 0 fully saturated rings. The Morgan fingerprint density at radius 2 is 1.75 bits per heavy atom. The van der Waals surface area contributed by atoms with E-state index in [9.17, 15) is 23.3 Å². The molecule has 5 nitrogen and oxygen atoms in total. The molecule has 0 amide bonds. The summed E-state index contributed by atoms with van der Waals surface area (Å²) in [6.07, 6.45) is 0. The molecule has 0 aliphatic rings. The van der Waals surface area contributed by atoms with E-state index in [-0.39, 0.29) is 11.4 Å². The van der Waals surface area contributed by atoms with Crippen molar-refractivity contribution < 1.29 is 18.1 Å². The minimum absolute atomic E-state index is 0.125. The maximum Gasteiger partial charge on any atom is 0.315 e. The second-order valence-electron chi connectivity index (χ2n) is 3.85. The molecule has 0 saturated carbocycles. The van der Waals surface area contributed by atoms with Crippen LogP contribution in [0.2, 0.25) is 0 Å². The number of nitrogens with two attached hydrogens (primary N) is 1. The predicted molar refractivity (Wildman–Crippen MR) is 67.1 cm³/mol. The molecule has 20 heavy (non-hydrogen) atoms. The molecule has 0 radical (unpaired) electrons. The van der Waals surface area contributed by atoms with Crippen LogP contribution in [0.4, 0.5) is 35.9 Å². The highest BCUT2D eigenvalue weighted by Crippen LogP contribution is 2.33. The number of halogens is 3. The van der Waals surface area contributed by atoms with Gasteiger partial charge in [0.15, 0.2) is 17.5 Å². The van der Waals surface area contributed by atoms with E-state index in [0.29, 0.717) is 6.07 Å². The van der Waals surface area contributed by atoms with Gasteiger partial charge in [0.1, 0.15) is 11.4 Å². The quantitative estimate of drug-likeness (QED) is 0.392. The second-order valence-corrected chi connectivity index (χ2v) is 3.85. The van der Waals surface area contributed by atoms with Crippen LogP contribution < -0.4 is 11.1 Å². The minimum atomic E-state index is -1.67. The molecule has 0 saturated heterocycles. The molecule has 2 rings (SSSR count). The third-order valence-electron chi connectivity index (χ3n) is 2.55. The first kappa shape index (κ1) is 13.7. The SMILES string of the molecule is Nc1cccc(Nc2ccc(F)c(F)c2F)c1[N+](=O)[O-]. The van der Waals surface area contributed by atoms with E-state index >= 15 is 0 Å². The van der Waals surface area contributed by atoms with Gasteiger partial charge in [0.25, 0.3) is 0 Å². The number of hydrogen-bond donors (Lipinski definition) is 2. The zero-order valence-corrected chi connectivity index (χ0v) is 9.86. The van der Waals surface area contributed by atoms with Gasteiger partial charge >= 0.3 is 5.69 Å². The summed E-state index contributed by atoms with van der Waals surface area (Å²) in [6, 6.07) is 5.61. The number of nitro groups is 1. The van der Waals surface area contributed by atoms with Crippen molar-refractivity contribution in [3.8, 4) is 0 Å². The lowest BCUT2D eigenvalue weighted by Crippen LogP contribution is -2.03. The van der Waals surface area contributed by atoms with Crippen molar-refractivity contribution in [2.75, 3.05) is 11.1 Å². The van der Waals surface area contributed by atoms with Gasteiger partial charge in [-0.2, -0.15) is 0 Å². The van der Waals surface area contributed by atoms with Crippen LogP contribution in [-0.2, 0) is 0 Å². The molecule has 0 atom stereocenters. The molecule has 2 aromatic carbocycles. The summed E-state index contributed by atoms with van der Waals surface area (Å²) in [5.74, 6) is -4.49. The van der Waals surface area contributed by atoms with Crippen molar-refractivity contribution in [2.45, 2.75) is 0 Å². The fraction of sp³-hybridized carbons (Fsp3) is 0. The Hall–Kier alpha value is -2.77. The summed E-state index contributed by atoms with van der Waals surface area (Å²) in [5, 5.41) is 13.2. The summed E-state index contributed by atoms with van der Waals surface area (Å²) >= 11 is 0. The molecule has 0 aliphatic heterocycles. The Balaban J connectivity index is 2.48. The van der Waals surface area contributed by atoms with Crippen LogP contribution in [0.1, 0.15) is 0 Å². The van der Waals surface area contributed by atoms with E-state index in [0.717, 1.165) is 6.07 Å². The van der Waals surface area contributed by atoms with Crippen molar-refractivity contribution in [2.24, 2.45) is 0 Å². The minimum Gasteiger partial charge on any atom is -0.393 e. The van der Waals surface area contributed by atoms with E-state index in [1.165, 1.54) is 18.2 Å². The first-order valence-electron chi connectivity index (χ1n) is 5.35. The second kappa shape index (κ2) is 5.08. The summed E-state index contributed by atoms with van der Waals surface area (Å²) in [6.45, 7) is 0. The van der Waals surface area contributed by atoms with Crippen molar-refractivity contribution in [3.63, 3.8) is 0 Å². The van der Waals surface area contributed by atoms with Gasteiger partial charge in [-0.3, -0.25) is 10.1 Å². The lowest BCUT2D eigenvalue weighted by atomic mass is 10.2. The van der Waals surface area contributed by atoms with E-state index in [2.05, 4.69) is 5.32 Å². The highest BCUT2D eigenvalue weighted by Gasteiger charge is 2.20. The van der Waals surface area contributed by atoms with Gasteiger partial charge in [-0.1, -0.05) is 6.07 Å². The first-order valence-corrected chi connectivity index (χ1v) is 5.35. The zero-order chi connectivity index (χ0) is 14.9. The summed E-state index contributed by atoms with van der Waals surface area (Å²) < 4.78 is 39.4. The van der Waals surface area contributed by atoms with E-state index in [1.807, 2.05) is 0 Å². The Kier molecular flexibility index (Phi) is 3.47. The number of hydrogen-bond acceptors (Lipinski definition) is 4. The zero-order valence-electron chi connectivity index (χ0n) is 9.86. The van der Waals surface area contributed by atoms with Crippen LogP contribution in [0.15, 0.2) is 30.3 Å². The smallest absolute Gasteiger partial charge is 0.315 e. The molecular formula is C12H8F3N3O2. The van der Waals surface area contributed by atoms with Gasteiger partial charge in [-0.25, -0.2) is 13.2 Å². The van der Waals surface area contributed by atoms with Gasteiger partial charge in [-0.05, 0) is 24.3 Å². The standard InChI is InChI=1S/C12H8F3N3O2/c13-6-4-5-8(11(15)10(6)14)17-9-3-1-2-7(16)12(9)18(19)20/h1-5,17H,16H2. The predicted octanol–water partition coefficient (Wildman–Crippen LogP) is 3.34. The number of para-hydroxylation sites is 1. The average Bonchev–Trinajstić information content (AvgIpc) is 2.39. The van der Waals surface area contributed by atoms with Gasteiger partial charge in [0, 0.05) is 0 Å². The van der Waals surface area contributed by atoms with Crippen molar-refractivity contribution in [1.82, 2.24) is 0 Å². The maximum absolute atomic E-state index is 13.5. The molecule has 104 valence electrons. The number of nitrogen functional groups attached to an aromatic ring is 1. The molecular weight excluding hydrogens is 275 g/mol. The average molecular weight is 283 g/mol. The summed E-state index contributed by atoms with van der Waals surface area (Å²) in [7, 11) is 0. The highest BCUT2D eigenvalue weighted by atomic mass is 19.2. The van der Waals surface area contributed by atoms with E-state index in [4.69, 9.17) is 5.73 Å². The maximum atomic E-state index is 13.5. The van der Waals surface area contributed by atoms with Crippen molar-refractivity contribution in [3.05, 3.63) is 57.9 Å². The molecule has 3 N–H and O–H groups in total. The molecule has 0 aliphatic carbocycles. The number of benzene rings is 2. The largest absolute Gasteiger partial charge is 0.393 e. The monoisotopic (exact) mass is 283 g/mol. The van der Waals surface area contributed by atoms with Crippen LogP contribution >= 0.6 is 0 Å². The van der Waals surface area contributed by atoms with Gasteiger partial charge in [0.05, 0.1) is 10.6 Å². The normalized spacial score (nSPS) is 10.3. The van der Waals surface area contributed by atoms with Gasteiger partial charge in [0.2, 0.25) is 0 Å². The first-order chi connectivity index (χ1) is 9.41.